The van der Waals surface area contributed by atoms with E-state index in [1.807, 2.05) is 30.3 Å². The highest BCUT2D eigenvalue weighted by Crippen LogP contribution is 2.30. The zero-order valence-corrected chi connectivity index (χ0v) is 21.0. The number of rotatable bonds is 12. The maximum absolute atomic E-state index is 12.7. The Morgan fingerprint density at radius 2 is 1.82 bits per heavy atom. The molecule has 0 bridgehead atoms. The van der Waals surface area contributed by atoms with E-state index >= 15 is 0 Å². The van der Waals surface area contributed by atoms with E-state index in [0.29, 0.717) is 22.7 Å². The van der Waals surface area contributed by atoms with E-state index in [1.165, 1.54) is 24.2 Å². The van der Waals surface area contributed by atoms with Gasteiger partial charge in [-0.15, -0.1) is 0 Å². The summed E-state index contributed by atoms with van der Waals surface area (Å²) in [5.74, 6) is 0.918. The summed E-state index contributed by atoms with van der Waals surface area (Å²) >= 11 is 0. The van der Waals surface area contributed by atoms with Crippen LogP contribution in [0.25, 0.3) is 21.9 Å². The lowest BCUT2D eigenvalue weighted by molar-refractivity contribution is 0.102. The molecule has 0 aliphatic rings. The molecule has 0 radical (unpaired) electrons. The maximum Gasteiger partial charge on any atom is 0.275 e. The Labute approximate surface area is 219 Å². The number of aryl methyl sites for hydroxylation is 1. The number of amides is 1. The van der Waals surface area contributed by atoms with E-state index in [9.17, 15) is 4.79 Å². The Morgan fingerprint density at radius 1 is 0.921 bits per heavy atom. The van der Waals surface area contributed by atoms with Gasteiger partial charge in [-0.3, -0.25) is 14.8 Å². The first kappa shape index (κ1) is 25.0. The molecular weight excluding hydrogens is 480 g/mol. The first-order valence-corrected chi connectivity index (χ1v) is 12.7. The molecule has 9 heteroatoms. The van der Waals surface area contributed by atoms with Crippen LogP contribution in [-0.4, -0.2) is 31.2 Å². The number of unbranched alkanes of at least 4 members (excludes halogenated alkanes) is 4. The number of nitrogens with zero attached hydrogens (tertiary/aromatic N) is 5. The predicted molar refractivity (Wildman–Crippen MR) is 145 cm³/mol. The van der Waals surface area contributed by atoms with Gasteiger partial charge in [0.05, 0.1) is 23.2 Å². The predicted octanol–water partition coefficient (Wildman–Crippen LogP) is 6.29. The van der Waals surface area contributed by atoms with E-state index in [1.54, 1.807) is 12.3 Å². The second kappa shape index (κ2) is 12.1. The van der Waals surface area contributed by atoms with Gasteiger partial charge in [0.15, 0.2) is 0 Å². The normalized spacial score (nSPS) is 11.1. The molecule has 3 aromatic heterocycles. The van der Waals surface area contributed by atoms with Crippen LogP contribution in [0.5, 0.6) is 5.75 Å². The molecular formula is C29H28N6O3. The van der Waals surface area contributed by atoms with Gasteiger partial charge in [0.25, 0.3) is 5.91 Å². The summed E-state index contributed by atoms with van der Waals surface area (Å²) in [6.45, 7) is 4.10. The van der Waals surface area contributed by atoms with Crippen LogP contribution in [0.3, 0.4) is 0 Å². The number of anilines is 1. The van der Waals surface area contributed by atoms with Crippen LogP contribution in [0.2, 0.25) is 0 Å². The van der Waals surface area contributed by atoms with Gasteiger partial charge in [0.2, 0.25) is 0 Å². The molecule has 5 aromatic rings. The quantitative estimate of drug-likeness (QED) is 0.154. The fraction of sp³-hybridized carbons (Fsp3) is 0.241. The van der Waals surface area contributed by atoms with Crippen molar-refractivity contribution in [3.63, 3.8) is 0 Å². The first-order chi connectivity index (χ1) is 18.7. The molecule has 192 valence electrons. The molecule has 5 rings (SSSR count). The highest BCUT2D eigenvalue weighted by Gasteiger charge is 2.13. The zero-order valence-electron chi connectivity index (χ0n) is 21.0. The largest absolute Gasteiger partial charge is 0.462 e. The van der Waals surface area contributed by atoms with Crippen molar-refractivity contribution in [1.82, 2.24) is 25.3 Å². The number of fused-ring (bicyclic) bond motifs is 2. The Hall–Kier alpha value is -4.66. The van der Waals surface area contributed by atoms with Crippen molar-refractivity contribution in [3.05, 3.63) is 90.8 Å². The first-order valence-electron chi connectivity index (χ1n) is 12.7. The average molecular weight is 509 g/mol. The van der Waals surface area contributed by atoms with Crippen molar-refractivity contribution >= 4 is 33.5 Å². The van der Waals surface area contributed by atoms with Gasteiger partial charge in [-0.1, -0.05) is 44.0 Å². The number of hydrogen-bond acceptors (Lipinski definition) is 8. The Bertz CT molecular complexity index is 1550. The third-order valence-electron chi connectivity index (χ3n) is 6.26. The smallest absolute Gasteiger partial charge is 0.275 e. The van der Waals surface area contributed by atoms with Crippen LogP contribution in [0.4, 0.5) is 5.69 Å². The van der Waals surface area contributed by atoms with Gasteiger partial charge in [-0.25, -0.2) is 9.61 Å². The molecule has 0 fully saturated rings. The topological polar surface area (TPSA) is 116 Å². The Morgan fingerprint density at radius 3 is 2.71 bits per heavy atom. The highest BCUT2D eigenvalue weighted by atomic mass is 16.6. The van der Waals surface area contributed by atoms with Crippen molar-refractivity contribution in [1.29, 1.82) is 0 Å². The SMILES string of the molecule is C=C(CCCCCCCc1cccc2nonc12)Oc1cc(NC(=O)c2cnccn2)c2ncccc2c1. The van der Waals surface area contributed by atoms with E-state index in [0.717, 1.165) is 61.4 Å². The number of aromatic nitrogens is 5. The number of pyridine rings is 1. The van der Waals surface area contributed by atoms with Crippen molar-refractivity contribution in [2.75, 3.05) is 5.32 Å². The monoisotopic (exact) mass is 508 g/mol. The van der Waals surface area contributed by atoms with Crippen LogP contribution in [0.15, 0.2) is 84.2 Å². The molecule has 0 atom stereocenters. The average Bonchev–Trinajstić information content (AvgIpc) is 3.43. The molecule has 0 unspecified atom stereocenters. The molecule has 0 aliphatic carbocycles. The van der Waals surface area contributed by atoms with E-state index in [4.69, 9.17) is 9.37 Å². The molecule has 2 aromatic carbocycles. The summed E-state index contributed by atoms with van der Waals surface area (Å²) in [4.78, 5) is 25.1. The molecule has 38 heavy (non-hydrogen) atoms. The van der Waals surface area contributed by atoms with Crippen molar-refractivity contribution in [2.45, 2.75) is 44.9 Å². The lowest BCUT2D eigenvalue weighted by Gasteiger charge is -2.13. The van der Waals surface area contributed by atoms with E-state index in [2.05, 4.69) is 43.2 Å². The minimum Gasteiger partial charge on any atom is -0.462 e. The summed E-state index contributed by atoms with van der Waals surface area (Å²) in [7, 11) is 0. The van der Waals surface area contributed by atoms with Gasteiger partial charge in [-0.2, -0.15) is 0 Å². The van der Waals surface area contributed by atoms with Gasteiger partial charge in [0, 0.05) is 36.5 Å². The van der Waals surface area contributed by atoms with Gasteiger partial charge >= 0.3 is 0 Å². The molecule has 1 amide bonds. The highest BCUT2D eigenvalue weighted by molar-refractivity contribution is 6.07. The second-order valence-electron chi connectivity index (χ2n) is 9.05. The molecule has 0 saturated heterocycles. The maximum atomic E-state index is 12.7. The fourth-order valence-electron chi connectivity index (χ4n) is 4.37. The van der Waals surface area contributed by atoms with E-state index < -0.39 is 0 Å². The molecule has 1 N–H and O–H groups in total. The molecule has 0 saturated carbocycles. The lowest BCUT2D eigenvalue weighted by atomic mass is 10.0. The van der Waals surface area contributed by atoms with Crippen LogP contribution in [-0.2, 0) is 6.42 Å². The van der Waals surface area contributed by atoms with Gasteiger partial charge < -0.3 is 10.1 Å². The lowest BCUT2D eigenvalue weighted by Crippen LogP contribution is -2.14. The number of carbonyl (C=O) groups is 1. The Balaban J connectivity index is 1.10. The number of nitrogens with one attached hydrogen (secondary N) is 1. The summed E-state index contributed by atoms with van der Waals surface area (Å²) in [5, 5.41) is 11.7. The summed E-state index contributed by atoms with van der Waals surface area (Å²) in [6.07, 6.45) is 13.3. The van der Waals surface area contributed by atoms with Crippen LogP contribution >= 0.6 is 0 Å². The molecule has 9 nitrogen and oxygen atoms in total. The van der Waals surface area contributed by atoms with Crippen molar-refractivity contribution < 1.29 is 14.2 Å². The number of allylic oxidation sites excluding steroid dienone is 1. The van der Waals surface area contributed by atoms with Crippen LogP contribution in [0, 0.1) is 0 Å². The second-order valence-corrected chi connectivity index (χ2v) is 9.05. The molecule has 3 heterocycles. The zero-order chi connectivity index (χ0) is 26.2. The molecule has 0 spiro atoms. The number of carbonyl (C=O) groups excluding carboxylic acids is 1. The summed E-state index contributed by atoms with van der Waals surface area (Å²) in [6, 6.07) is 13.4. The minimum atomic E-state index is -0.365. The summed E-state index contributed by atoms with van der Waals surface area (Å²) < 4.78 is 10.9. The van der Waals surface area contributed by atoms with Gasteiger partial charge in [-0.05, 0) is 53.3 Å². The fourth-order valence-corrected chi connectivity index (χ4v) is 4.37. The van der Waals surface area contributed by atoms with Crippen LogP contribution < -0.4 is 10.1 Å². The van der Waals surface area contributed by atoms with Gasteiger partial charge in [0.1, 0.15) is 22.5 Å². The number of ether oxygens (including phenoxy) is 1. The van der Waals surface area contributed by atoms with Crippen LogP contribution in [0.1, 0.15) is 54.6 Å². The van der Waals surface area contributed by atoms with E-state index in [-0.39, 0.29) is 11.6 Å². The standard InChI is InChI=1S/C29H28N6O3/c1-20(9-5-3-2-4-6-10-21-11-7-13-24-28(21)35-38-34-24)37-23-17-22-12-8-14-32-27(22)25(18-23)33-29(36)26-19-30-15-16-31-26/h7-8,11-19H,1-6,9-10H2,(H,33,36). The minimum absolute atomic E-state index is 0.222. The third-order valence-corrected chi connectivity index (χ3v) is 6.26. The number of benzene rings is 2. The Kier molecular flexibility index (Phi) is 7.93. The van der Waals surface area contributed by atoms with Crippen molar-refractivity contribution in [2.24, 2.45) is 0 Å². The summed E-state index contributed by atoms with van der Waals surface area (Å²) in [5.41, 5.74) is 4.28. The van der Waals surface area contributed by atoms with Crippen molar-refractivity contribution in [3.8, 4) is 5.75 Å². The third kappa shape index (κ3) is 6.18. The number of hydrogen-bond donors (Lipinski definition) is 1. The molecule has 0 aliphatic heterocycles.